The first-order valence-electron chi connectivity index (χ1n) is 6.61. The first-order chi connectivity index (χ1) is 10.3. The number of ether oxygens (including phenoxy) is 1. The van der Waals surface area contributed by atoms with E-state index in [1.807, 2.05) is 30.3 Å². The van der Waals surface area contributed by atoms with Gasteiger partial charge in [-0.05, 0) is 29.8 Å². The summed E-state index contributed by atoms with van der Waals surface area (Å²) < 4.78 is 4.68. The number of carbonyl (C=O) groups excluding carboxylic acids is 1. The van der Waals surface area contributed by atoms with E-state index in [2.05, 4.69) is 20.3 Å². The van der Waals surface area contributed by atoms with E-state index in [0.717, 1.165) is 22.2 Å². The molecule has 0 unspecified atom stereocenters. The molecule has 21 heavy (non-hydrogen) atoms. The Kier molecular flexibility index (Phi) is 3.55. The summed E-state index contributed by atoms with van der Waals surface area (Å²) in [6.07, 6.45) is 1.80. The predicted octanol–water partition coefficient (Wildman–Crippen LogP) is 2.96. The molecule has 0 aliphatic carbocycles. The van der Waals surface area contributed by atoms with Crippen LogP contribution in [0.4, 0.5) is 5.69 Å². The molecular formula is C16H15N3O2. The van der Waals surface area contributed by atoms with Gasteiger partial charge in [0, 0.05) is 17.6 Å². The number of aromatic amines is 1. The van der Waals surface area contributed by atoms with Crippen LogP contribution in [0, 0.1) is 0 Å². The highest BCUT2D eigenvalue weighted by molar-refractivity contribution is 5.91. The SMILES string of the molecule is COC(=O)c1ccc(CNc2cccc3[nH]ncc23)cc1. The number of anilines is 1. The highest BCUT2D eigenvalue weighted by atomic mass is 16.5. The van der Waals surface area contributed by atoms with Crippen LogP contribution in [0.3, 0.4) is 0 Å². The molecule has 1 heterocycles. The van der Waals surface area contributed by atoms with Crippen molar-refractivity contribution >= 4 is 22.6 Å². The maximum absolute atomic E-state index is 11.4. The molecule has 0 amide bonds. The third kappa shape index (κ3) is 2.72. The Labute approximate surface area is 121 Å². The Bertz CT molecular complexity index is 763. The fraction of sp³-hybridized carbons (Fsp3) is 0.125. The molecule has 5 nitrogen and oxygen atoms in total. The average molecular weight is 281 g/mol. The van der Waals surface area contributed by atoms with Crippen molar-refractivity contribution in [2.75, 3.05) is 12.4 Å². The van der Waals surface area contributed by atoms with Gasteiger partial charge in [-0.1, -0.05) is 18.2 Å². The number of nitrogens with one attached hydrogen (secondary N) is 2. The molecule has 3 rings (SSSR count). The zero-order valence-electron chi connectivity index (χ0n) is 11.6. The van der Waals surface area contributed by atoms with Crippen molar-refractivity contribution in [2.24, 2.45) is 0 Å². The van der Waals surface area contributed by atoms with Crippen LogP contribution in [-0.2, 0) is 11.3 Å². The number of rotatable bonds is 4. The Morgan fingerprint density at radius 3 is 2.81 bits per heavy atom. The second kappa shape index (κ2) is 5.66. The molecule has 106 valence electrons. The summed E-state index contributed by atoms with van der Waals surface area (Å²) in [6.45, 7) is 0.672. The predicted molar refractivity (Wildman–Crippen MR) is 81.2 cm³/mol. The van der Waals surface area contributed by atoms with Gasteiger partial charge < -0.3 is 10.1 Å². The summed E-state index contributed by atoms with van der Waals surface area (Å²) >= 11 is 0. The van der Waals surface area contributed by atoms with Gasteiger partial charge in [0.15, 0.2) is 0 Å². The zero-order valence-corrected chi connectivity index (χ0v) is 11.6. The van der Waals surface area contributed by atoms with E-state index in [9.17, 15) is 4.79 Å². The van der Waals surface area contributed by atoms with Crippen LogP contribution < -0.4 is 5.32 Å². The van der Waals surface area contributed by atoms with E-state index in [-0.39, 0.29) is 5.97 Å². The summed E-state index contributed by atoms with van der Waals surface area (Å²) in [5.41, 5.74) is 3.67. The van der Waals surface area contributed by atoms with Gasteiger partial charge in [0.2, 0.25) is 0 Å². The fourth-order valence-corrected chi connectivity index (χ4v) is 2.20. The van der Waals surface area contributed by atoms with Crippen LogP contribution in [-0.4, -0.2) is 23.3 Å². The monoisotopic (exact) mass is 281 g/mol. The van der Waals surface area contributed by atoms with Crippen molar-refractivity contribution in [1.82, 2.24) is 10.2 Å². The van der Waals surface area contributed by atoms with Gasteiger partial charge in [-0.25, -0.2) is 4.79 Å². The van der Waals surface area contributed by atoms with E-state index >= 15 is 0 Å². The number of methoxy groups -OCH3 is 1. The molecule has 3 aromatic rings. The van der Waals surface area contributed by atoms with Gasteiger partial charge in [0.05, 0.1) is 24.4 Å². The molecule has 2 N–H and O–H groups in total. The van der Waals surface area contributed by atoms with Crippen molar-refractivity contribution in [3.05, 3.63) is 59.8 Å². The lowest BCUT2D eigenvalue weighted by molar-refractivity contribution is 0.0600. The zero-order chi connectivity index (χ0) is 14.7. The van der Waals surface area contributed by atoms with Gasteiger partial charge in [-0.3, -0.25) is 5.10 Å². The van der Waals surface area contributed by atoms with Crippen molar-refractivity contribution in [3.63, 3.8) is 0 Å². The summed E-state index contributed by atoms with van der Waals surface area (Å²) in [5, 5.41) is 11.4. The van der Waals surface area contributed by atoms with Crippen LogP contribution in [0.1, 0.15) is 15.9 Å². The topological polar surface area (TPSA) is 67.0 Å². The molecule has 0 saturated heterocycles. The third-order valence-corrected chi connectivity index (χ3v) is 3.34. The quantitative estimate of drug-likeness (QED) is 0.721. The number of hydrogen-bond acceptors (Lipinski definition) is 4. The van der Waals surface area contributed by atoms with Crippen LogP contribution in [0.2, 0.25) is 0 Å². The molecule has 0 aliphatic rings. The van der Waals surface area contributed by atoms with Gasteiger partial charge >= 0.3 is 5.97 Å². The molecule has 1 aromatic heterocycles. The van der Waals surface area contributed by atoms with E-state index in [1.54, 1.807) is 18.3 Å². The number of carbonyl (C=O) groups is 1. The summed E-state index contributed by atoms with van der Waals surface area (Å²) in [5.74, 6) is -0.322. The molecule has 5 heteroatoms. The van der Waals surface area contributed by atoms with Crippen LogP contribution in [0.5, 0.6) is 0 Å². The molecule has 0 saturated carbocycles. The lowest BCUT2D eigenvalue weighted by Gasteiger charge is -2.08. The molecule has 0 aliphatic heterocycles. The number of fused-ring (bicyclic) bond motifs is 1. The van der Waals surface area contributed by atoms with Crippen molar-refractivity contribution in [1.29, 1.82) is 0 Å². The van der Waals surface area contributed by atoms with Gasteiger partial charge in [-0.15, -0.1) is 0 Å². The number of hydrogen-bond donors (Lipinski definition) is 2. The minimum atomic E-state index is -0.322. The minimum Gasteiger partial charge on any atom is -0.465 e. The van der Waals surface area contributed by atoms with Crippen molar-refractivity contribution in [2.45, 2.75) is 6.54 Å². The van der Waals surface area contributed by atoms with Crippen molar-refractivity contribution in [3.8, 4) is 0 Å². The Hall–Kier alpha value is -2.82. The van der Waals surface area contributed by atoms with Gasteiger partial charge in [0.1, 0.15) is 0 Å². The molecule has 0 radical (unpaired) electrons. The second-order valence-electron chi connectivity index (χ2n) is 4.68. The molecule has 2 aromatic carbocycles. The molecule has 0 fully saturated rings. The second-order valence-corrected chi connectivity index (χ2v) is 4.68. The lowest BCUT2D eigenvalue weighted by atomic mass is 10.1. The molecule has 0 atom stereocenters. The van der Waals surface area contributed by atoms with Gasteiger partial charge in [-0.2, -0.15) is 5.10 Å². The molecule has 0 spiro atoms. The first kappa shape index (κ1) is 13.2. The smallest absolute Gasteiger partial charge is 0.337 e. The summed E-state index contributed by atoms with van der Waals surface area (Å²) in [4.78, 5) is 11.4. The maximum atomic E-state index is 11.4. The van der Waals surface area contributed by atoms with E-state index in [4.69, 9.17) is 0 Å². The number of H-pyrrole nitrogens is 1. The normalized spacial score (nSPS) is 10.5. The third-order valence-electron chi connectivity index (χ3n) is 3.34. The summed E-state index contributed by atoms with van der Waals surface area (Å²) in [7, 11) is 1.38. The highest BCUT2D eigenvalue weighted by Gasteiger charge is 2.05. The van der Waals surface area contributed by atoms with E-state index in [0.29, 0.717) is 12.1 Å². The number of esters is 1. The average Bonchev–Trinajstić information content (AvgIpc) is 3.02. The molecular weight excluding hydrogens is 266 g/mol. The van der Waals surface area contributed by atoms with E-state index in [1.165, 1.54) is 7.11 Å². The standard InChI is InChI=1S/C16H15N3O2/c1-21-16(20)12-7-5-11(6-8-12)9-17-14-3-2-4-15-13(14)10-18-19-15/h2-8,10,17H,9H2,1H3,(H,18,19). The Morgan fingerprint density at radius 1 is 1.24 bits per heavy atom. The van der Waals surface area contributed by atoms with Crippen LogP contribution in [0.25, 0.3) is 10.9 Å². The number of aromatic nitrogens is 2. The van der Waals surface area contributed by atoms with Crippen LogP contribution >= 0.6 is 0 Å². The minimum absolute atomic E-state index is 0.322. The fourth-order valence-electron chi connectivity index (χ4n) is 2.20. The number of nitrogens with zero attached hydrogens (tertiary/aromatic N) is 1. The number of benzene rings is 2. The first-order valence-corrected chi connectivity index (χ1v) is 6.61. The lowest BCUT2D eigenvalue weighted by Crippen LogP contribution is -2.03. The van der Waals surface area contributed by atoms with Crippen molar-refractivity contribution < 1.29 is 9.53 Å². The van der Waals surface area contributed by atoms with E-state index < -0.39 is 0 Å². The summed E-state index contributed by atoms with van der Waals surface area (Å²) in [6, 6.07) is 13.3. The Morgan fingerprint density at radius 2 is 2.05 bits per heavy atom. The Balaban J connectivity index is 1.73. The van der Waals surface area contributed by atoms with Crippen LogP contribution in [0.15, 0.2) is 48.7 Å². The highest BCUT2D eigenvalue weighted by Crippen LogP contribution is 2.21. The maximum Gasteiger partial charge on any atom is 0.337 e. The molecule has 0 bridgehead atoms. The largest absolute Gasteiger partial charge is 0.465 e. The van der Waals surface area contributed by atoms with Gasteiger partial charge in [0.25, 0.3) is 0 Å².